The maximum absolute atomic E-state index is 4.78. The van der Waals surface area contributed by atoms with Crippen molar-refractivity contribution < 1.29 is 0 Å². The Balaban J connectivity index is 0.000000105. The third-order valence-corrected chi connectivity index (χ3v) is 25.0. The van der Waals surface area contributed by atoms with Gasteiger partial charge < -0.3 is 27.4 Å². The minimum absolute atomic E-state index is 1.10. The Kier molecular flexibility index (Phi) is 17.1. The Bertz CT molecular complexity index is 8650. The molecule has 124 heavy (non-hydrogen) atoms. The number of pyridine rings is 3. The molecule has 9 heterocycles. The summed E-state index contributed by atoms with van der Waals surface area (Å²) in [5.74, 6) is 0. The number of hydrogen-bond donors (Lipinski definition) is 0. The Morgan fingerprint density at radius 3 is 0.734 bits per heavy atom. The van der Waals surface area contributed by atoms with Crippen LogP contribution in [0.2, 0.25) is 0 Å². The Morgan fingerprint density at radius 2 is 0.379 bits per heavy atom. The molecular weight excluding hydrogens is 1510 g/mol. The maximum atomic E-state index is 4.78. The number of nitrogens with zero attached hydrogens (tertiary/aromatic N) is 9. The van der Waals surface area contributed by atoms with Gasteiger partial charge >= 0.3 is 0 Å². The van der Waals surface area contributed by atoms with E-state index in [0.29, 0.717) is 0 Å². The standard InChI is InChI=1S/C41H27N3.C39H25N3.C35H23N3/c1-3-11-28(12-4-1)29-19-22-32(23-20-29)43-37-17-9-7-15-33(37)34-24-21-30(25-39(34)43)36-26-42-27-40-41(36)35-16-8-10-18-38(35)44(40)31-13-5-2-6-14-31;1-2-12-29(13-3-1)41-36-17-9-7-15-33(36)39-34(24-40-25-38(39)41)28-19-21-32-31-14-6-8-16-35(31)42(37(32)23-28)30-20-18-26-10-4-5-11-27(26)22-30;1-3-11-25(12-4-1)37-31-17-9-7-15-27(31)28-20-19-24(21-33(28)37)30-22-36-23-34-35(30)29-16-8-10-18-32(29)38(34)26-13-5-2-6-14-26/h1-27H;1-25H;1-23H. The summed E-state index contributed by atoms with van der Waals surface area (Å²) in [6, 6.07) is 150. The highest BCUT2D eigenvalue weighted by Crippen LogP contribution is 2.46. The largest absolute Gasteiger partial charge is 0.309 e. The molecule has 580 valence electrons. The Hall–Kier alpha value is -16.8. The molecule has 0 bridgehead atoms. The van der Waals surface area contributed by atoms with Gasteiger partial charge in [0.1, 0.15) is 0 Å². The van der Waals surface area contributed by atoms with E-state index in [1.807, 2.05) is 37.2 Å². The molecule has 0 amide bonds. The predicted octanol–water partition coefficient (Wildman–Crippen LogP) is 29.6. The van der Waals surface area contributed by atoms with Gasteiger partial charge in [0.2, 0.25) is 0 Å². The molecular formula is C115H75N9. The number of hydrogen-bond acceptors (Lipinski definition) is 3. The van der Waals surface area contributed by atoms with Gasteiger partial charge in [-0.15, -0.1) is 0 Å². The molecule has 0 radical (unpaired) electrons. The van der Waals surface area contributed by atoms with Crippen molar-refractivity contribution in [3.63, 3.8) is 0 Å². The quantitative estimate of drug-likeness (QED) is 0.137. The molecule has 9 aromatic heterocycles. The normalized spacial score (nSPS) is 11.7. The predicted molar refractivity (Wildman–Crippen MR) is 518 cm³/mol. The van der Waals surface area contributed by atoms with Crippen molar-refractivity contribution in [2.45, 2.75) is 0 Å². The highest BCUT2D eigenvalue weighted by molar-refractivity contribution is 6.21. The summed E-state index contributed by atoms with van der Waals surface area (Å²) in [5, 5.41) is 17.3. The van der Waals surface area contributed by atoms with Crippen LogP contribution in [-0.2, 0) is 0 Å². The summed E-state index contributed by atoms with van der Waals surface area (Å²) in [5.41, 5.74) is 30.2. The van der Waals surface area contributed by atoms with Crippen LogP contribution in [0, 0.1) is 0 Å². The average molecular weight is 1580 g/mol. The first-order chi connectivity index (χ1) is 61.6. The molecule has 26 rings (SSSR count). The van der Waals surface area contributed by atoms with E-state index >= 15 is 0 Å². The number of rotatable bonds is 10. The molecule has 0 aliphatic carbocycles. The fraction of sp³-hybridized carbons (Fsp3) is 0. The van der Waals surface area contributed by atoms with E-state index < -0.39 is 0 Å². The van der Waals surface area contributed by atoms with Crippen LogP contribution in [-0.4, -0.2) is 42.4 Å². The second kappa shape index (κ2) is 29.6. The lowest BCUT2D eigenvalue weighted by molar-refractivity contribution is 1.17. The number of para-hydroxylation sites is 10. The second-order valence-corrected chi connectivity index (χ2v) is 31.8. The summed E-state index contributed by atoms with van der Waals surface area (Å²) >= 11 is 0. The van der Waals surface area contributed by atoms with Crippen molar-refractivity contribution in [3.05, 3.63) is 456 Å². The van der Waals surface area contributed by atoms with E-state index in [2.05, 4.69) is 446 Å². The molecule has 26 aromatic rings. The highest BCUT2D eigenvalue weighted by Gasteiger charge is 2.24. The van der Waals surface area contributed by atoms with Crippen LogP contribution in [0.1, 0.15) is 0 Å². The van der Waals surface area contributed by atoms with Crippen LogP contribution in [0.25, 0.3) is 220 Å². The van der Waals surface area contributed by atoms with Gasteiger partial charge in [0, 0.05) is 134 Å². The molecule has 0 atom stereocenters. The fourth-order valence-electron chi connectivity index (χ4n) is 19.5. The van der Waals surface area contributed by atoms with Crippen molar-refractivity contribution in [1.29, 1.82) is 0 Å². The van der Waals surface area contributed by atoms with Crippen LogP contribution in [0.5, 0.6) is 0 Å². The lowest BCUT2D eigenvalue weighted by Crippen LogP contribution is -1.95. The van der Waals surface area contributed by atoms with Gasteiger partial charge in [0.25, 0.3) is 0 Å². The fourth-order valence-corrected chi connectivity index (χ4v) is 19.5. The minimum Gasteiger partial charge on any atom is -0.309 e. The lowest BCUT2D eigenvalue weighted by atomic mass is 10.00. The zero-order valence-corrected chi connectivity index (χ0v) is 67.3. The molecule has 0 saturated heterocycles. The minimum atomic E-state index is 1.10. The monoisotopic (exact) mass is 1580 g/mol. The van der Waals surface area contributed by atoms with E-state index in [9.17, 15) is 0 Å². The average Bonchev–Trinajstić information content (AvgIpc) is 1.58. The van der Waals surface area contributed by atoms with Crippen molar-refractivity contribution in [1.82, 2.24) is 42.4 Å². The third-order valence-electron chi connectivity index (χ3n) is 25.0. The van der Waals surface area contributed by atoms with Crippen LogP contribution in [0.3, 0.4) is 0 Å². The molecule has 0 spiro atoms. The lowest BCUT2D eigenvalue weighted by Gasteiger charge is -2.11. The molecule has 17 aromatic carbocycles. The molecule has 0 saturated carbocycles. The Labute approximate surface area is 713 Å². The van der Waals surface area contributed by atoms with Gasteiger partial charge in [-0.05, 0) is 166 Å². The molecule has 9 nitrogen and oxygen atoms in total. The van der Waals surface area contributed by atoms with E-state index in [4.69, 9.17) is 15.0 Å². The van der Waals surface area contributed by atoms with Crippen molar-refractivity contribution in [2.24, 2.45) is 0 Å². The zero-order chi connectivity index (χ0) is 81.7. The van der Waals surface area contributed by atoms with E-state index in [-0.39, 0.29) is 0 Å². The molecule has 0 aliphatic heterocycles. The summed E-state index contributed by atoms with van der Waals surface area (Å²) < 4.78 is 14.1. The molecule has 0 N–H and O–H groups in total. The number of fused-ring (bicyclic) bond motifs is 19. The van der Waals surface area contributed by atoms with Crippen LogP contribution in [0.4, 0.5) is 0 Å². The van der Waals surface area contributed by atoms with Crippen molar-refractivity contribution in [3.8, 4) is 78.6 Å². The van der Waals surface area contributed by atoms with Crippen molar-refractivity contribution in [2.75, 3.05) is 0 Å². The molecule has 0 aliphatic rings. The first-order valence-electron chi connectivity index (χ1n) is 42.2. The summed E-state index contributed by atoms with van der Waals surface area (Å²) in [6.07, 6.45) is 12.0. The van der Waals surface area contributed by atoms with Crippen molar-refractivity contribution >= 4 is 142 Å². The van der Waals surface area contributed by atoms with Gasteiger partial charge in [-0.3, -0.25) is 15.0 Å². The molecule has 9 heteroatoms. The van der Waals surface area contributed by atoms with Gasteiger partial charge in [0.15, 0.2) is 0 Å². The van der Waals surface area contributed by atoms with Gasteiger partial charge in [-0.2, -0.15) is 0 Å². The van der Waals surface area contributed by atoms with E-state index in [1.165, 1.54) is 136 Å². The molecule has 0 fully saturated rings. The summed E-state index contributed by atoms with van der Waals surface area (Å²) in [6.45, 7) is 0. The smallest absolute Gasteiger partial charge is 0.0730 e. The second-order valence-electron chi connectivity index (χ2n) is 31.8. The number of aromatic nitrogens is 9. The van der Waals surface area contributed by atoms with E-state index in [1.54, 1.807) is 0 Å². The SMILES string of the molecule is c1ccc(-c2ccc(-n3c4ccccc4c4ccc(-c5cncc6c5c5ccccc5n6-c5ccccc5)cc43)cc2)cc1.c1ccc(-n2c3ccccc3c3c(-c4ccc5c6ccccc6n(-c6ccc7ccccc7c6)c5c4)cncc32)cc1.c1ccc(-n2c3ccccc3c3ccc(-c4cncc5c4c4ccccc4n5-c4ccccc4)cc32)cc1. The zero-order valence-electron chi connectivity index (χ0n) is 67.3. The van der Waals surface area contributed by atoms with E-state index in [0.717, 1.165) is 84.1 Å². The van der Waals surface area contributed by atoms with Gasteiger partial charge in [0.05, 0.1) is 84.8 Å². The van der Waals surface area contributed by atoms with Crippen LogP contribution >= 0.6 is 0 Å². The summed E-state index contributed by atoms with van der Waals surface area (Å²) in [4.78, 5) is 14.3. The van der Waals surface area contributed by atoms with Crippen LogP contribution < -0.4 is 0 Å². The van der Waals surface area contributed by atoms with Gasteiger partial charge in [-0.25, -0.2) is 0 Å². The summed E-state index contributed by atoms with van der Waals surface area (Å²) in [7, 11) is 0. The van der Waals surface area contributed by atoms with Crippen LogP contribution in [0.15, 0.2) is 456 Å². The maximum Gasteiger partial charge on any atom is 0.0730 e. The first-order valence-corrected chi connectivity index (χ1v) is 42.2. The third kappa shape index (κ3) is 11.7. The highest BCUT2D eigenvalue weighted by atomic mass is 15.0. The topological polar surface area (TPSA) is 68.2 Å². The molecule has 0 unspecified atom stereocenters. The Morgan fingerprint density at radius 1 is 0.137 bits per heavy atom. The van der Waals surface area contributed by atoms with Gasteiger partial charge in [-0.1, -0.05) is 291 Å². The first kappa shape index (κ1) is 71.4. The number of benzene rings is 17.